The van der Waals surface area contributed by atoms with Gasteiger partial charge in [-0.3, -0.25) is 4.55 Å². The van der Waals surface area contributed by atoms with Gasteiger partial charge in [-0.05, 0) is 36.4 Å². The summed E-state index contributed by atoms with van der Waals surface area (Å²) in [6.45, 7) is 0. The van der Waals surface area contributed by atoms with Gasteiger partial charge in [0.2, 0.25) is 0 Å². The molecule has 0 aliphatic rings. The highest BCUT2D eigenvalue weighted by atomic mass is 32.2. The van der Waals surface area contributed by atoms with Crippen LogP contribution in [0.3, 0.4) is 0 Å². The molecule has 0 heterocycles. The molecule has 0 unspecified atom stereocenters. The van der Waals surface area contributed by atoms with Crippen molar-refractivity contribution in [1.29, 1.82) is 0 Å². The largest absolute Gasteiger partial charge is 0.351 e. The summed E-state index contributed by atoms with van der Waals surface area (Å²) in [6, 6.07) is 11.0. The number of carbonyl (C=O) groups is 2. The van der Waals surface area contributed by atoms with Crippen molar-refractivity contribution in [3.63, 3.8) is 0 Å². The third kappa shape index (κ3) is 4.05. The molecule has 0 aliphatic heterocycles. The zero-order valence-corrected chi connectivity index (χ0v) is 12.5. The van der Waals surface area contributed by atoms with Crippen LogP contribution in [0, 0.1) is 0 Å². The molecule has 4 amide bonds. The van der Waals surface area contributed by atoms with E-state index in [1.165, 1.54) is 12.1 Å². The molecule has 0 radical (unpaired) electrons. The average molecular weight is 335 g/mol. The van der Waals surface area contributed by atoms with Crippen LogP contribution < -0.4 is 16.0 Å². The fraction of sp³-hybridized carbons (Fsp3) is 0. The van der Waals surface area contributed by atoms with Crippen LogP contribution in [0.1, 0.15) is 0 Å². The molecule has 0 aromatic heterocycles. The molecule has 0 bridgehead atoms. The summed E-state index contributed by atoms with van der Waals surface area (Å²) < 4.78 is 30.9. The minimum Gasteiger partial charge on any atom is -0.351 e. The van der Waals surface area contributed by atoms with Gasteiger partial charge in [0.1, 0.15) is 0 Å². The number of benzene rings is 2. The number of primary amides is 1. The first-order chi connectivity index (χ1) is 10.8. The first-order valence-corrected chi connectivity index (χ1v) is 7.76. The van der Waals surface area contributed by atoms with E-state index in [0.717, 1.165) is 12.1 Å². The summed E-state index contributed by atoms with van der Waals surface area (Å²) in [6.07, 6.45) is 0. The number of hydrogen-bond acceptors (Lipinski definition) is 4. The first kappa shape index (κ1) is 16.5. The Morgan fingerprint density at radius 2 is 1.57 bits per heavy atom. The lowest BCUT2D eigenvalue weighted by Crippen LogP contribution is -2.43. The van der Waals surface area contributed by atoms with Crippen molar-refractivity contribution >= 4 is 33.6 Å². The summed E-state index contributed by atoms with van der Waals surface area (Å²) >= 11 is 0. The molecular formula is C14H13N3O5S. The van der Waals surface area contributed by atoms with Gasteiger partial charge in [0, 0.05) is 5.69 Å². The van der Waals surface area contributed by atoms with Crippen LogP contribution in [-0.2, 0) is 10.1 Å². The number of para-hydroxylation sites is 1. The van der Waals surface area contributed by atoms with Crippen LogP contribution in [0.4, 0.5) is 21.0 Å². The van der Waals surface area contributed by atoms with Gasteiger partial charge in [-0.15, -0.1) is 0 Å². The third-order valence-electron chi connectivity index (χ3n) is 2.84. The number of nitrogens with zero attached hydrogens (tertiary/aromatic N) is 1. The van der Waals surface area contributed by atoms with E-state index in [9.17, 15) is 18.0 Å². The normalized spacial score (nSPS) is 10.8. The number of rotatable bonds is 3. The number of anilines is 2. The van der Waals surface area contributed by atoms with Gasteiger partial charge in [0.05, 0.1) is 10.6 Å². The van der Waals surface area contributed by atoms with Crippen LogP contribution in [0.5, 0.6) is 0 Å². The summed E-state index contributed by atoms with van der Waals surface area (Å²) in [5.74, 6) is 0. The molecule has 2 aromatic carbocycles. The van der Waals surface area contributed by atoms with Crippen LogP contribution in [0.2, 0.25) is 0 Å². The highest BCUT2D eigenvalue weighted by Crippen LogP contribution is 2.19. The van der Waals surface area contributed by atoms with E-state index in [4.69, 9.17) is 10.3 Å². The SMILES string of the molecule is NC(=O)N(C(=O)Nc1ccccc1)c1ccc(S(=O)(=O)O)cc1. The molecule has 0 saturated carbocycles. The predicted octanol–water partition coefficient (Wildman–Crippen LogP) is 2.05. The number of urea groups is 2. The fourth-order valence-electron chi connectivity index (χ4n) is 1.81. The van der Waals surface area contributed by atoms with Crippen LogP contribution in [0.15, 0.2) is 59.5 Å². The lowest BCUT2D eigenvalue weighted by molar-refractivity contribution is 0.245. The van der Waals surface area contributed by atoms with Crippen LogP contribution >= 0.6 is 0 Å². The van der Waals surface area contributed by atoms with E-state index >= 15 is 0 Å². The molecule has 2 aromatic rings. The van der Waals surface area contributed by atoms with Crippen molar-refractivity contribution < 1.29 is 22.6 Å². The number of amides is 4. The maximum absolute atomic E-state index is 12.2. The zero-order valence-electron chi connectivity index (χ0n) is 11.7. The number of nitrogens with two attached hydrogens (primary N) is 1. The summed E-state index contributed by atoms with van der Waals surface area (Å²) in [4.78, 5) is 24.0. The maximum atomic E-state index is 12.2. The van der Waals surface area contributed by atoms with Crippen molar-refractivity contribution in [3.05, 3.63) is 54.6 Å². The van der Waals surface area contributed by atoms with Gasteiger partial charge in [0.25, 0.3) is 10.1 Å². The van der Waals surface area contributed by atoms with Crippen molar-refractivity contribution in [2.24, 2.45) is 5.73 Å². The smallest absolute Gasteiger partial charge is 0.334 e. The Morgan fingerprint density at radius 1 is 1.00 bits per heavy atom. The summed E-state index contributed by atoms with van der Waals surface area (Å²) in [5.41, 5.74) is 5.72. The Bertz CT molecular complexity index is 819. The maximum Gasteiger partial charge on any atom is 0.334 e. The second-order valence-electron chi connectivity index (χ2n) is 4.44. The lowest BCUT2D eigenvalue weighted by atomic mass is 10.3. The topological polar surface area (TPSA) is 130 Å². The zero-order chi connectivity index (χ0) is 17.0. The van der Waals surface area contributed by atoms with Gasteiger partial charge in [-0.2, -0.15) is 8.42 Å². The van der Waals surface area contributed by atoms with Crippen molar-refractivity contribution in [2.75, 3.05) is 10.2 Å². The summed E-state index contributed by atoms with van der Waals surface area (Å²) in [5, 5.41) is 2.49. The first-order valence-electron chi connectivity index (χ1n) is 6.32. The third-order valence-corrected chi connectivity index (χ3v) is 3.71. The quantitative estimate of drug-likeness (QED) is 0.739. The second-order valence-corrected chi connectivity index (χ2v) is 5.86. The highest BCUT2D eigenvalue weighted by Gasteiger charge is 2.22. The number of nitrogens with one attached hydrogen (secondary N) is 1. The Hall–Kier alpha value is -2.91. The minimum atomic E-state index is -4.37. The molecule has 9 heteroatoms. The monoisotopic (exact) mass is 335 g/mol. The van der Waals surface area contributed by atoms with Gasteiger partial charge in [-0.1, -0.05) is 18.2 Å². The minimum absolute atomic E-state index is 0.0540. The van der Waals surface area contributed by atoms with Gasteiger partial charge in [0.15, 0.2) is 0 Å². The number of imide groups is 1. The fourth-order valence-corrected chi connectivity index (χ4v) is 2.29. The molecule has 0 fully saturated rings. The standard InChI is InChI=1S/C14H13N3O5S/c15-13(18)17(14(19)16-10-4-2-1-3-5-10)11-6-8-12(9-7-11)23(20,21)22/h1-9H,(H2,15,18)(H,16,19)(H,20,21,22). The Balaban J connectivity index is 2.28. The Kier molecular flexibility index (Phi) is 4.63. The molecule has 23 heavy (non-hydrogen) atoms. The van der Waals surface area contributed by atoms with E-state index in [1.54, 1.807) is 30.3 Å². The molecule has 8 nitrogen and oxygen atoms in total. The number of hydrogen-bond donors (Lipinski definition) is 3. The van der Waals surface area contributed by atoms with E-state index in [1.807, 2.05) is 0 Å². The Morgan fingerprint density at radius 3 is 2.04 bits per heavy atom. The Labute approximate surface area is 132 Å². The van der Waals surface area contributed by atoms with Crippen LogP contribution in [0.25, 0.3) is 0 Å². The van der Waals surface area contributed by atoms with Crippen LogP contribution in [-0.4, -0.2) is 25.0 Å². The average Bonchev–Trinajstić information content (AvgIpc) is 2.47. The van der Waals surface area contributed by atoms with Crippen molar-refractivity contribution in [1.82, 2.24) is 0 Å². The molecule has 0 aliphatic carbocycles. The van der Waals surface area contributed by atoms with Crippen molar-refractivity contribution in [3.8, 4) is 0 Å². The number of carbonyl (C=O) groups excluding carboxylic acids is 2. The van der Waals surface area contributed by atoms with Crippen molar-refractivity contribution in [2.45, 2.75) is 4.90 Å². The van der Waals surface area contributed by atoms with Gasteiger partial charge in [-0.25, -0.2) is 14.5 Å². The molecule has 2 rings (SSSR count). The molecule has 0 atom stereocenters. The lowest BCUT2D eigenvalue weighted by Gasteiger charge is -2.19. The van der Waals surface area contributed by atoms with Gasteiger partial charge < -0.3 is 11.1 Å². The van der Waals surface area contributed by atoms with E-state index in [0.29, 0.717) is 10.6 Å². The highest BCUT2D eigenvalue weighted by molar-refractivity contribution is 7.85. The summed E-state index contributed by atoms with van der Waals surface area (Å²) in [7, 11) is -4.37. The second kappa shape index (κ2) is 6.46. The van der Waals surface area contributed by atoms with E-state index in [2.05, 4.69) is 5.32 Å². The predicted molar refractivity (Wildman–Crippen MR) is 83.8 cm³/mol. The molecule has 4 N–H and O–H groups in total. The molecule has 0 saturated heterocycles. The van der Waals surface area contributed by atoms with E-state index < -0.39 is 22.2 Å². The van der Waals surface area contributed by atoms with Gasteiger partial charge >= 0.3 is 12.1 Å². The van der Waals surface area contributed by atoms with E-state index in [-0.39, 0.29) is 10.6 Å². The molecular weight excluding hydrogens is 322 g/mol. The molecule has 0 spiro atoms. The molecule has 120 valence electrons.